The van der Waals surface area contributed by atoms with Crippen molar-refractivity contribution < 1.29 is 9.18 Å². The van der Waals surface area contributed by atoms with Crippen molar-refractivity contribution in [3.8, 4) is 11.4 Å². The lowest BCUT2D eigenvalue weighted by atomic mass is 10.1. The van der Waals surface area contributed by atoms with Crippen LogP contribution < -0.4 is 0 Å². The third-order valence-electron chi connectivity index (χ3n) is 3.87. The zero-order valence-electron chi connectivity index (χ0n) is 14.4. The van der Waals surface area contributed by atoms with Gasteiger partial charge in [0.2, 0.25) is 0 Å². The van der Waals surface area contributed by atoms with Gasteiger partial charge < -0.3 is 0 Å². The van der Waals surface area contributed by atoms with Crippen LogP contribution >= 0.6 is 11.8 Å². The number of allylic oxidation sites excluding steroid dienone is 1. The number of aryl methyl sites for hydroxylation is 1. The van der Waals surface area contributed by atoms with Crippen LogP contribution in [0.4, 0.5) is 4.39 Å². The van der Waals surface area contributed by atoms with Crippen molar-refractivity contribution in [1.29, 1.82) is 0 Å². The minimum atomic E-state index is -0.313. The molecule has 3 rings (SSSR count). The highest BCUT2D eigenvalue weighted by molar-refractivity contribution is 7.99. The second kappa shape index (κ2) is 8.10. The topological polar surface area (TPSA) is 47.8 Å². The molecule has 0 aliphatic heterocycles. The van der Waals surface area contributed by atoms with Gasteiger partial charge in [-0.15, -0.1) is 16.8 Å². The van der Waals surface area contributed by atoms with Gasteiger partial charge in [0.25, 0.3) is 0 Å². The van der Waals surface area contributed by atoms with Crippen LogP contribution in [-0.4, -0.2) is 26.3 Å². The number of carbonyl (C=O) groups excluding carboxylic acids is 1. The number of ketones is 1. The first kappa shape index (κ1) is 18.1. The summed E-state index contributed by atoms with van der Waals surface area (Å²) < 4.78 is 15.3. The number of nitrogens with zero attached hydrogens (tertiary/aromatic N) is 3. The van der Waals surface area contributed by atoms with Crippen LogP contribution in [0.3, 0.4) is 0 Å². The van der Waals surface area contributed by atoms with Crippen LogP contribution in [0.1, 0.15) is 15.9 Å². The number of hydrogen-bond donors (Lipinski definition) is 0. The normalized spacial score (nSPS) is 10.7. The Kier molecular flexibility index (Phi) is 5.63. The highest BCUT2D eigenvalue weighted by atomic mass is 32.2. The molecule has 3 aromatic rings. The molecular formula is C20H18FN3OS. The monoisotopic (exact) mass is 367 g/mol. The summed E-state index contributed by atoms with van der Waals surface area (Å²) in [6.45, 7) is 5.97. The summed E-state index contributed by atoms with van der Waals surface area (Å²) in [5.41, 5.74) is 1.91. The Bertz CT molecular complexity index is 937. The summed E-state index contributed by atoms with van der Waals surface area (Å²) in [6, 6.07) is 14.1. The molecule has 132 valence electrons. The molecule has 1 heterocycles. The lowest BCUT2D eigenvalue weighted by Crippen LogP contribution is -2.06. The van der Waals surface area contributed by atoms with E-state index in [9.17, 15) is 9.18 Å². The number of aromatic nitrogens is 3. The van der Waals surface area contributed by atoms with E-state index >= 15 is 0 Å². The molecule has 0 amide bonds. The summed E-state index contributed by atoms with van der Waals surface area (Å²) in [7, 11) is 0. The van der Waals surface area contributed by atoms with Gasteiger partial charge in [-0.05, 0) is 30.7 Å². The molecular weight excluding hydrogens is 349 g/mol. The van der Waals surface area contributed by atoms with Crippen LogP contribution in [0, 0.1) is 12.7 Å². The quantitative estimate of drug-likeness (QED) is 0.349. The predicted molar refractivity (Wildman–Crippen MR) is 102 cm³/mol. The maximum absolute atomic E-state index is 13.4. The number of Topliss-reactive ketones (excluding diaryl/α,β-unsaturated/α-hetero) is 1. The minimum absolute atomic E-state index is 0.0764. The predicted octanol–water partition coefficient (Wildman–Crippen LogP) is 4.55. The number of carbonyl (C=O) groups is 1. The van der Waals surface area contributed by atoms with Crippen molar-refractivity contribution in [2.24, 2.45) is 0 Å². The molecule has 0 bridgehead atoms. The molecule has 0 aliphatic carbocycles. The van der Waals surface area contributed by atoms with Gasteiger partial charge >= 0.3 is 0 Å². The van der Waals surface area contributed by atoms with E-state index in [1.54, 1.807) is 19.1 Å². The fraction of sp³-hybridized carbons (Fsp3) is 0.150. The van der Waals surface area contributed by atoms with Crippen LogP contribution in [0.25, 0.3) is 11.4 Å². The molecule has 0 fully saturated rings. The molecule has 0 spiro atoms. The second-order valence-electron chi connectivity index (χ2n) is 5.75. The van der Waals surface area contributed by atoms with E-state index < -0.39 is 0 Å². The molecule has 0 atom stereocenters. The van der Waals surface area contributed by atoms with Crippen molar-refractivity contribution in [2.75, 3.05) is 5.75 Å². The van der Waals surface area contributed by atoms with Gasteiger partial charge in [0.1, 0.15) is 5.82 Å². The summed E-state index contributed by atoms with van der Waals surface area (Å²) in [6.07, 6.45) is 1.77. The van der Waals surface area contributed by atoms with Crippen LogP contribution in [0.5, 0.6) is 0 Å². The van der Waals surface area contributed by atoms with Gasteiger partial charge in [0.05, 0.1) is 5.75 Å². The average Bonchev–Trinajstić information content (AvgIpc) is 3.06. The molecule has 0 saturated heterocycles. The van der Waals surface area contributed by atoms with E-state index in [2.05, 4.69) is 16.8 Å². The smallest absolute Gasteiger partial charge is 0.192 e. The van der Waals surface area contributed by atoms with Gasteiger partial charge in [-0.2, -0.15) is 0 Å². The highest BCUT2D eigenvalue weighted by Crippen LogP contribution is 2.24. The SMILES string of the molecule is C=CCn1c(SCC(=O)c2ccc(F)c(C)c2)nnc1-c1ccccc1. The second-order valence-corrected chi connectivity index (χ2v) is 6.69. The molecule has 2 aromatic carbocycles. The van der Waals surface area contributed by atoms with Gasteiger partial charge in [-0.25, -0.2) is 4.39 Å². The maximum atomic E-state index is 13.4. The molecule has 0 aliphatic rings. The Morgan fingerprint density at radius 2 is 2.00 bits per heavy atom. The van der Waals surface area contributed by atoms with Crippen LogP contribution in [0.15, 0.2) is 66.3 Å². The molecule has 0 unspecified atom stereocenters. The zero-order valence-corrected chi connectivity index (χ0v) is 15.2. The lowest BCUT2D eigenvalue weighted by molar-refractivity contribution is 0.102. The standard InChI is InChI=1S/C20H18FN3OS/c1-3-11-24-19(15-7-5-4-6-8-15)22-23-20(24)26-13-18(25)16-9-10-17(21)14(2)12-16/h3-10,12H,1,11,13H2,2H3. The van der Waals surface area contributed by atoms with E-state index in [1.165, 1.54) is 23.9 Å². The largest absolute Gasteiger partial charge is 0.298 e. The van der Waals surface area contributed by atoms with Crippen molar-refractivity contribution >= 4 is 17.5 Å². The Hall–Kier alpha value is -2.73. The summed E-state index contributed by atoms with van der Waals surface area (Å²) in [5.74, 6) is 0.549. The van der Waals surface area contributed by atoms with Crippen LogP contribution in [0.2, 0.25) is 0 Å². The Balaban J connectivity index is 1.79. The fourth-order valence-electron chi connectivity index (χ4n) is 2.52. The third-order valence-corrected chi connectivity index (χ3v) is 4.84. The van der Waals surface area contributed by atoms with Crippen LogP contribution in [-0.2, 0) is 6.54 Å². The number of rotatable bonds is 7. The van der Waals surface area contributed by atoms with Crippen molar-refractivity contribution in [3.05, 3.63) is 78.1 Å². The number of hydrogen-bond acceptors (Lipinski definition) is 4. The first-order valence-electron chi connectivity index (χ1n) is 8.12. The van der Waals surface area contributed by atoms with Crippen molar-refractivity contribution in [1.82, 2.24) is 14.8 Å². The molecule has 6 heteroatoms. The Morgan fingerprint density at radius 3 is 2.69 bits per heavy atom. The summed E-state index contributed by atoms with van der Waals surface area (Å²) in [4.78, 5) is 12.4. The average molecular weight is 367 g/mol. The lowest BCUT2D eigenvalue weighted by Gasteiger charge is -2.08. The number of thioether (sulfide) groups is 1. The molecule has 1 aromatic heterocycles. The van der Waals surface area contributed by atoms with Gasteiger partial charge in [0, 0.05) is 17.7 Å². The zero-order chi connectivity index (χ0) is 18.5. The highest BCUT2D eigenvalue weighted by Gasteiger charge is 2.15. The first-order valence-corrected chi connectivity index (χ1v) is 9.10. The Labute approximate surface area is 155 Å². The van der Waals surface area contributed by atoms with E-state index in [4.69, 9.17) is 0 Å². The van der Waals surface area contributed by atoms with E-state index in [1.807, 2.05) is 34.9 Å². The van der Waals surface area contributed by atoms with Gasteiger partial charge in [-0.1, -0.05) is 48.2 Å². The van der Waals surface area contributed by atoms with E-state index in [0.29, 0.717) is 22.8 Å². The molecule has 0 N–H and O–H groups in total. The third kappa shape index (κ3) is 3.91. The molecule has 0 radical (unpaired) electrons. The molecule has 0 saturated carbocycles. The summed E-state index contributed by atoms with van der Waals surface area (Å²) >= 11 is 1.31. The number of halogens is 1. The van der Waals surface area contributed by atoms with Gasteiger partial charge in [-0.3, -0.25) is 9.36 Å². The van der Waals surface area contributed by atoms with E-state index in [-0.39, 0.29) is 17.4 Å². The first-order chi connectivity index (χ1) is 12.6. The fourth-order valence-corrected chi connectivity index (χ4v) is 3.36. The summed E-state index contributed by atoms with van der Waals surface area (Å²) in [5, 5.41) is 9.14. The van der Waals surface area contributed by atoms with Crippen molar-refractivity contribution in [3.63, 3.8) is 0 Å². The number of benzene rings is 2. The minimum Gasteiger partial charge on any atom is -0.298 e. The van der Waals surface area contributed by atoms with Crippen molar-refractivity contribution in [2.45, 2.75) is 18.6 Å². The maximum Gasteiger partial charge on any atom is 0.192 e. The van der Waals surface area contributed by atoms with Gasteiger partial charge in [0.15, 0.2) is 16.8 Å². The molecule has 4 nitrogen and oxygen atoms in total. The molecule has 26 heavy (non-hydrogen) atoms. The van der Waals surface area contributed by atoms with E-state index in [0.717, 1.165) is 11.4 Å². The Morgan fingerprint density at radius 1 is 1.23 bits per heavy atom.